The van der Waals surface area contributed by atoms with Crippen molar-refractivity contribution < 1.29 is 0 Å². The summed E-state index contributed by atoms with van der Waals surface area (Å²) in [4.78, 5) is 0. The fraction of sp³-hybridized carbons (Fsp3) is 0.500. The highest BCUT2D eigenvalue weighted by Gasteiger charge is 2.13. The Morgan fingerprint density at radius 2 is 2.10 bits per heavy atom. The predicted molar refractivity (Wildman–Crippen MR) is 91.8 cm³/mol. The Morgan fingerprint density at radius 3 is 2.75 bits per heavy atom. The van der Waals surface area contributed by atoms with Gasteiger partial charge in [-0.1, -0.05) is 61.1 Å². The monoisotopic (exact) mass is 270 g/mol. The van der Waals surface area contributed by atoms with Crippen LogP contribution in [0.4, 0.5) is 0 Å². The van der Waals surface area contributed by atoms with Crippen LogP contribution in [0.2, 0.25) is 0 Å². The molecule has 110 valence electrons. The summed E-state index contributed by atoms with van der Waals surface area (Å²) in [7, 11) is 0. The van der Waals surface area contributed by atoms with Crippen molar-refractivity contribution in [2.45, 2.75) is 59.3 Å². The van der Waals surface area contributed by atoms with Crippen molar-refractivity contribution in [3.05, 3.63) is 59.8 Å². The van der Waals surface area contributed by atoms with E-state index in [2.05, 4.69) is 58.2 Å². The van der Waals surface area contributed by atoms with E-state index < -0.39 is 0 Å². The summed E-state index contributed by atoms with van der Waals surface area (Å²) in [5.41, 5.74) is 5.44. The summed E-state index contributed by atoms with van der Waals surface area (Å²) in [6.07, 6.45) is 16.1. The van der Waals surface area contributed by atoms with Gasteiger partial charge in [0.1, 0.15) is 0 Å². The third-order valence-corrected chi connectivity index (χ3v) is 4.00. The zero-order chi connectivity index (χ0) is 15.0. The van der Waals surface area contributed by atoms with E-state index in [0.29, 0.717) is 5.92 Å². The van der Waals surface area contributed by atoms with Gasteiger partial charge in [0.25, 0.3) is 0 Å². The molecule has 0 fully saturated rings. The maximum atomic E-state index is 4.33. The summed E-state index contributed by atoms with van der Waals surface area (Å²) in [5, 5.41) is 0. The molecule has 1 aliphatic carbocycles. The fourth-order valence-electron chi connectivity index (χ4n) is 2.59. The first-order valence-electron chi connectivity index (χ1n) is 7.88. The van der Waals surface area contributed by atoms with Crippen molar-refractivity contribution in [2.24, 2.45) is 5.92 Å². The number of hydrogen-bond acceptors (Lipinski definition) is 0. The molecule has 0 radical (unpaired) electrons. The lowest BCUT2D eigenvalue weighted by Crippen LogP contribution is -2.01. The van der Waals surface area contributed by atoms with Crippen LogP contribution in [0.3, 0.4) is 0 Å². The van der Waals surface area contributed by atoms with Gasteiger partial charge in [0.2, 0.25) is 0 Å². The van der Waals surface area contributed by atoms with E-state index in [1.54, 1.807) is 5.57 Å². The molecule has 0 spiro atoms. The van der Waals surface area contributed by atoms with Crippen LogP contribution in [0, 0.1) is 5.92 Å². The first kappa shape index (κ1) is 16.8. The lowest BCUT2D eigenvalue weighted by Gasteiger charge is -2.15. The maximum Gasteiger partial charge on any atom is -0.0141 e. The van der Waals surface area contributed by atoms with Crippen molar-refractivity contribution >= 4 is 0 Å². The van der Waals surface area contributed by atoms with E-state index in [4.69, 9.17) is 0 Å². The Bertz CT molecular complexity index is 429. The molecular weight excluding hydrogens is 240 g/mol. The third kappa shape index (κ3) is 6.23. The minimum atomic E-state index is 0.653. The lowest BCUT2D eigenvalue weighted by molar-refractivity contribution is 0.547. The van der Waals surface area contributed by atoms with Crippen molar-refractivity contribution in [1.29, 1.82) is 0 Å². The molecule has 20 heavy (non-hydrogen) atoms. The maximum absolute atomic E-state index is 4.33. The Kier molecular flexibility index (Phi) is 7.36. The summed E-state index contributed by atoms with van der Waals surface area (Å²) in [6, 6.07) is 0. The van der Waals surface area contributed by atoms with Crippen LogP contribution in [0.1, 0.15) is 59.3 Å². The van der Waals surface area contributed by atoms with Crippen molar-refractivity contribution in [2.75, 3.05) is 0 Å². The molecule has 0 N–H and O–H groups in total. The van der Waals surface area contributed by atoms with E-state index in [-0.39, 0.29) is 0 Å². The molecule has 1 unspecified atom stereocenters. The van der Waals surface area contributed by atoms with Crippen LogP contribution in [0.15, 0.2) is 59.8 Å². The largest absolute Gasteiger partial charge is 0.0998 e. The average Bonchev–Trinajstić information content (AvgIpc) is 2.62. The van der Waals surface area contributed by atoms with Gasteiger partial charge in [-0.05, 0) is 63.9 Å². The molecule has 0 aliphatic heterocycles. The molecule has 1 aliphatic rings. The highest BCUT2D eigenvalue weighted by atomic mass is 14.2. The molecule has 0 heterocycles. The molecule has 0 aromatic rings. The van der Waals surface area contributed by atoms with Crippen LogP contribution in [0.25, 0.3) is 0 Å². The quantitative estimate of drug-likeness (QED) is 0.380. The molecule has 0 aromatic carbocycles. The van der Waals surface area contributed by atoms with Crippen LogP contribution in [-0.4, -0.2) is 0 Å². The first-order valence-corrected chi connectivity index (χ1v) is 7.88. The zero-order valence-corrected chi connectivity index (χ0v) is 13.5. The van der Waals surface area contributed by atoms with E-state index in [1.165, 1.54) is 42.4 Å². The smallest absolute Gasteiger partial charge is 0.0141 e. The highest BCUT2D eigenvalue weighted by Crippen LogP contribution is 2.29. The van der Waals surface area contributed by atoms with Gasteiger partial charge in [-0.2, -0.15) is 0 Å². The second kappa shape index (κ2) is 8.79. The summed E-state index contributed by atoms with van der Waals surface area (Å²) in [5.74, 6) is 0.653. The minimum Gasteiger partial charge on any atom is -0.0998 e. The molecular formula is C20H30. The molecule has 0 bridgehead atoms. The number of rotatable bonds is 6. The first-order chi connectivity index (χ1) is 9.52. The predicted octanol–water partition coefficient (Wildman–Crippen LogP) is 6.54. The molecule has 0 aromatic heterocycles. The zero-order valence-electron chi connectivity index (χ0n) is 13.5. The van der Waals surface area contributed by atoms with E-state index in [9.17, 15) is 0 Å². The summed E-state index contributed by atoms with van der Waals surface area (Å²) in [6.45, 7) is 14.8. The number of hydrogen-bond donors (Lipinski definition) is 0. The van der Waals surface area contributed by atoms with Crippen molar-refractivity contribution in [1.82, 2.24) is 0 Å². The van der Waals surface area contributed by atoms with Gasteiger partial charge in [-0.15, -0.1) is 0 Å². The Morgan fingerprint density at radius 1 is 1.35 bits per heavy atom. The van der Waals surface area contributed by atoms with Gasteiger partial charge in [-0.3, -0.25) is 0 Å². The molecule has 0 saturated carbocycles. The number of allylic oxidation sites excluding steroid dienone is 8. The molecule has 0 heteroatoms. The molecule has 0 saturated heterocycles. The normalized spacial score (nSPS) is 20.6. The Labute approximate surface area is 125 Å². The van der Waals surface area contributed by atoms with Crippen LogP contribution >= 0.6 is 0 Å². The summed E-state index contributed by atoms with van der Waals surface area (Å²) >= 11 is 0. The van der Waals surface area contributed by atoms with Crippen LogP contribution in [0.5, 0.6) is 0 Å². The Hall–Kier alpha value is -1.30. The summed E-state index contributed by atoms with van der Waals surface area (Å²) < 4.78 is 0. The van der Waals surface area contributed by atoms with E-state index in [1.807, 2.05) is 0 Å². The second-order valence-electron chi connectivity index (χ2n) is 6.07. The van der Waals surface area contributed by atoms with Crippen LogP contribution in [-0.2, 0) is 0 Å². The fourth-order valence-corrected chi connectivity index (χ4v) is 2.59. The van der Waals surface area contributed by atoms with Gasteiger partial charge >= 0.3 is 0 Å². The Balaban J connectivity index is 2.62. The van der Waals surface area contributed by atoms with Crippen LogP contribution < -0.4 is 0 Å². The van der Waals surface area contributed by atoms with Gasteiger partial charge in [0.05, 0.1) is 0 Å². The topological polar surface area (TPSA) is 0 Å². The average molecular weight is 270 g/mol. The van der Waals surface area contributed by atoms with Crippen molar-refractivity contribution in [3.8, 4) is 0 Å². The molecule has 1 rings (SSSR count). The van der Waals surface area contributed by atoms with E-state index >= 15 is 0 Å². The third-order valence-electron chi connectivity index (χ3n) is 4.00. The molecule has 0 nitrogen and oxygen atoms in total. The van der Waals surface area contributed by atoms with Crippen molar-refractivity contribution in [3.63, 3.8) is 0 Å². The van der Waals surface area contributed by atoms with Gasteiger partial charge < -0.3 is 0 Å². The second-order valence-corrected chi connectivity index (χ2v) is 6.07. The highest BCUT2D eigenvalue weighted by molar-refractivity contribution is 5.30. The van der Waals surface area contributed by atoms with Gasteiger partial charge in [-0.25, -0.2) is 0 Å². The van der Waals surface area contributed by atoms with E-state index in [0.717, 1.165) is 12.8 Å². The van der Waals surface area contributed by atoms with Gasteiger partial charge in [0.15, 0.2) is 0 Å². The standard InChI is InChI=1S/C20H30/c1-6-19(11-7-9-16(2)3)15-18(5)20-12-8-10-17(4)13-14-20/h7,10-11,15,20H,2,5-6,8-9,12-14H2,1,3-4H3. The SMILES string of the molecule is C=C(C)CC=CC(=CC(=C)C1CCC=C(C)CC1)CC. The minimum absolute atomic E-state index is 0.653. The van der Waals surface area contributed by atoms with Gasteiger partial charge in [0, 0.05) is 0 Å². The molecule has 0 amide bonds. The molecule has 1 atom stereocenters. The lowest BCUT2D eigenvalue weighted by atomic mass is 9.90.